The first-order chi connectivity index (χ1) is 11.6. The molecule has 1 N–H and O–H groups in total. The molecule has 0 aliphatic carbocycles. The van der Waals surface area contributed by atoms with Crippen molar-refractivity contribution in [3.05, 3.63) is 46.8 Å². The third kappa shape index (κ3) is 3.45. The number of para-hydroxylation sites is 1. The molecule has 128 valence electrons. The fraction of sp³-hybridized carbons (Fsp3) is 0.474. The van der Waals surface area contributed by atoms with Crippen LogP contribution in [0.3, 0.4) is 0 Å². The van der Waals surface area contributed by atoms with Crippen LogP contribution in [0.15, 0.2) is 24.3 Å². The summed E-state index contributed by atoms with van der Waals surface area (Å²) in [5.41, 5.74) is 4.62. The summed E-state index contributed by atoms with van der Waals surface area (Å²) in [4.78, 5) is 14.4. The van der Waals surface area contributed by atoms with Crippen LogP contribution in [0.2, 0.25) is 0 Å². The van der Waals surface area contributed by atoms with E-state index in [0.29, 0.717) is 0 Å². The van der Waals surface area contributed by atoms with Crippen molar-refractivity contribution in [2.24, 2.45) is 0 Å². The third-order valence-corrected chi connectivity index (χ3v) is 4.77. The first-order valence-corrected chi connectivity index (χ1v) is 8.56. The smallest absolute Gasteiger partial charge is 0.263 e. The molecule has 1 aromatic heterocycles. The van der Waals surface area contributed by atoms with Crippen molar-refractivity contribution in [2.75, 3.05) is 13.6 Å². The molecule has 0 fully saturated rings. The largest absolute Gasteiger partial charge is 0.480 e. The molecule has 2 heterocycles. The van der Waals surface area contributed by atoms with Crippen LogP contribution in [-0.2, 0) is 17.6 Å². The minimum atomic E-state index is -0.359. The minimum Gasteiger partial charge on any atom is -0.480 e. The monoisotopic (exact) mass is 327 g/mol. The highest BCUT2D eigenvalue weighted by Gasteiger charge is 2.28. The fourth-order valence-electron chi connectivity index (χ4n) is 3.29. The number of benzene rings is 1. The van der Waals surface area contributed by atoms with Gasteiger partial charge >= 0.3 is 0 Å². The number of ether oxygens (including phenoxy) is 1. The fourth-order valence-corrected chi connectivity index (χ4v) is 3.29. The summed E-state index contributed by atoms with van der Waals surface area (Å²) in [6.45, 7) is 4.78. The van der Waals surface area contributed by atoms with Crippen LogP contribution in [0.1, 0.15) is 35.4 Å². The van der Waals surface area contributed by atoms with E-state index in [9.17, 15) is 4.79 Å². The summed E-state index contributed by atoms with van der Waals surface area (Å²) in [6.07, 6.45) is 3.14. The number of carbonyl (C=O) groups excluding carboxylic acids is 1. The van der Waals surface area contributed by atoms with Gasteiger partial charge in [-0.05, 0) is 56.7 Å². The van der Waals surface area contributed by atoms with E-state index in [-0.39, 0.29) is 12.0 Å². The number of aromatic amines is 1. The lowest BCUT2D eigenvalue weighted by Gasteiger charge is -2.28. The topological polar surface area (TPSA) is 58.2 Å². The second kappa shape index (κ2) is 7.07. The van der Waals surface area contributed by atoms with E-state index in [1.54, 1.807) is 4.90 Å². The zero-order chi connectivity index (χ0) is 17.1. The highest BCUT2D eigenvalue weighted by atomic mass is 16.5. The molecule has 0 saturated heterocycles. The zero-order valence-corrected chi connectivity index (χ0v) is 14.6. The van der Waals surface area contributed by atoms with Crippen molar-refractivity contribution in [2.45, 2.75) is 45.6 Å². The SMILES string of the molecule is Cc1n[nH]c(C)c1CCCN(C)C(=O)[C@@H]1CCc2ccccc2O1. The zero-order valence-electron chi connectivity index (χ0n) is 14.6. The van der Waals surface area contributed by atoms with Crippen molar-refractivity contribution in [3.63, 3.8) is 0 Å². The number of fused-ring (bicyclic) bond motifs is 1. The maximum atomic E-state index is 12.6. The molecule has 0 unspecified atom stereocenters. The van der Waals surface area contributed by atoms with Crippen LogP contribution >= 0.6 is 0 Å². The molecular formula is C19H25N3O2. The maximum Gasteiger partial charge on any atom is 0.263 e. The molecule has 1 atom stereocenters. The summed E-state index contributed by atoms with van der Waals surface area (Å²) in [5, 5.41) is 7.23. The average Bonchev–Trinajstić information content (AvgIpc) is 2.92. The Morgan fingerprint density at radius 1 is 1.38 bits per heavy atom. The number of hydrogen-bond acceptors (Lipinski definition) is 3. The Balaban J connectivity index is 1.52. The molecule has 1 aromatic carbocycles. The molecule has 0 bridgehead atoms. The summed E-state index contributed by atoms with van der Waals surface area (Å²) >= 11 is 0. The van der Waals surface area contributed by atoms with Crippen molar-refractivity contribution < 1.29 is 9.53 Å². The number of carbonyl (C=O) groups is 1. The number of likely N-dealkylation sites (N-methyl/N-ethyl adjacent to an activating group) is 1. The lowest BCUT2D eigenvalue weighted by atomic mass is 10.0. The van der Waals surface area contributed by atoms with Gasteiger partial charge in [0, 0.05) is 19.3 Å². The molecule has 0 radical (unpaired) electrons. The van der Waals surface area contributed by atoms with Crippen molar-refractivity contribution in [1.82, 2.24) is 15.1 Å². The Labute approximate surface area is 143 Å². The van der Waals surface area contributed by atoms with Gasteiger partial charge in [-0.25, -0.2) is 0 Å². The molecule has 5 heteroatoms. The Morgan fingerprint density at radius 3 is 2.92 bits per heavy atom. The highest BCUT2D eigenvalue weighted by molar-refractivity contribution is 5.81. The quantitative estimate of drug-likeness (QED) is 0.919. The molecule has 24 heavy (non-hydrogen) atoms. The highest BCUT2D eigenvalue weighted by Crippen LogP contribution is 2.27. The second-order valence-corrected chi connectivity index (χ2v) is 6.53. The molecular weight excluding hydrogens is 302 g/mol. The molecule has 0 spiro atoms. The van der Waals surface area contributed by atoms with Gasteiger partial charge in [-0.15, -0.1) is 0 Å². The number of nitrogens with zero attached hydrogens (tertiary/aromatic N) is 2. The number of aryl methyl sites for hydroxylation is 3. The Kier molecular flexibility index (Phi) is 4.88. The van der Waals surface area contributed by atoms with Crippen LogP contribution in [-0.4, -0.2) is 40.7 Å². The molecule has 3 rings (SSSR count). The van der Waals surface area contributed by atoms with Crippen LogP contribution in [0.4, 0.5) is 0 Å². The van der Waals surface area contributed by atoms with Gasteiger partial charge < -0.3 is 9.64 Å². The summed E-state index contributed by atoms with van der Waals surface area (Å²) in [6, 6.07) is 7.97. The van der Waals surface area contributed by atoms with E-state index >= 15 is 0 Å². The van der Waals surface area contributed by atoms with E-state index in [4.69, 9.17) is 4.74 Å². The van der Waals surface area contributed by atoms with Crippen molar-refractivity contribution in [3.8, 4) is 5.75 Å². The standard InChI is InChI=1S/C19H25N3O2/c1-13-16(14(2)21-20-13)8-6-12-22(3)19(23)18-11-10-15-7-4-5-9-17(15)24-18/h4-5,7,9,18H,6,8,10-12H2,1-3H3,(H,20,21)/t18-/m0/s1. The van der Waals surface area contributed by atoms with Crippen molar-refractivity contribution in [1.29, 1.82) is 0 Å². The molecule has 2 aromatic rings. The Bertz CT molecular complexity index is 704. The first-order valence-electron chi connectivity index (χ1n) is 8.56. The van der Waals surface area contributed by atoms with E-state index in [0.717, 1.165) is 49.4 Å². The van der Waals surface area contributed by atoms with Crippen molar-refractivity contribution >= 4 is 5.91 Å². The van der Waals surface area contributed by atoms with Crippen LogP contribution in [0.25, 0.3) is 0 Å². The summed E-state index contributed by atoms with van der Waals surface area (Å²) in [7, 11) is 1.86. The van der Waals surface area contributed by atoms with Gasteiger partial charge in [0.1, 0.15) is 5.75 Å². The predicted octanol–water partition coefficient (Wildman–Crippen LogP) is 2.81. The summed E-state index contributed by atoms with van der Waals surface area (Å²) in [5.74, 6) is 0.922. The average molecular weight is 327 g/mol. The van der Waals surface area contributed by atoms with Gasteiger partial charge in [-0.3, -0.25) is 9.89 Å². The number of nitrogens with one attached hydrogen (secondary N) is 1. The molecule has 0 saturated carbocycles. The van der Waals surface area contributed by atoms with Crippen LogP contribution in [0.5, 0.6) is 5.75 Å². The Hall–Kier alpha value is -2.30. The summed E-state index contributed by atoms with van der Waals surface area (Å²) < 4.78 is 5.90. The number of rotatable bonds is 5. The molecule has 5 nitrogen and oxygen atoms in total. The van der Waals surface area contributed by atoms with Gasteiger partial charge in [-0.1, -0.05) is 18.2 Å². The van der Waals surface area contributed by atoms with E-state index < -0.39 is 0 Å². The third-order valence-electron chi connectivity index (χ3n) is 4.77. The number of H-pyrrole nitrogens is 1. The van der Waals surface area contributed by atoms with Gasteiger partial charge in [0.15, 0.2) is 6.10 Å². The maximum absolute atomic E-state index is 12.6. The first kappa shape index (κ1) is 16.6. The van der Waals surface area contributed by atoms with E-state index in [1.165, 1.54) is 11.1 Å². The molecule has 1 aliphatic heterocycles. The second-order valence-electron chi connectivity index (χ2n) is 6.53. The number of aromatic nitrogens is 2. The van der Waals surface area contributed by atoms with Gasteiger partial charge in [0.05, 0.1) is 5.69 Å². The van der Waals surface area contributed by atoms with Crippen LogP contribution in [0, 0.1) is 13.8 Å². The number of amides is 1. The lowest BCUT2D eigenvalue weighted by Crippen LogP contribution is -2.42. The minimum absolute atomic E-state index is 0.0742. The van der Waals surface area contributed by atoms with E-state index in [1.807, 2.05) is 39.1 Å². The normalized spacial score (nSPS) is 16.4. The van der Waals surface area contributed by atoms with Crippen LogP contribution < -0.4 is 4.74 Å². The lowest BCUT2D eigenvalue weighted by molar-refractivity contribution is -0.138. The Morgan fingerprint density at radius 2 is 2.17 bits per heavy atom. The predicted molar refractivity (Wildman–Crippen MR) is 93.2 cm³/mol. The van der Waals surface area contributed by atoms with E-state index in [2.05, 4.69) is 16.3 Å². The van der Waals surface area contributed by atoms with Gasteiger partial charge in [-0.2, -0.15) is 5.10 Å². The van der Waals surface area contributed by atoms with Gasteiger partial charge in [0.25, 0.3) is 5.91 Å². The molecule has 1 aliphatic rings. The number of hydrogen-bond donors (Lipinski definition) is 1. The van der Waals surface area contributed by atoms with Gasteiger partial charge in [0.2, 0.25) is 0 Å². The molecule has 1 amide bonds.